The topological polar surface area (TPSA) is 149 Å². The molecule has 3 aromatic rings. The van der Waals surface area contributed by atoms with Gasteiger partial charge in [-0.1, -0.05) is 6.07 Å². The van der Waals surface area contributed by atoms with Crippen LogP contribution in [0.15, 0.2) is 72.3 Å². The maximum Gasteiger partial charge on any atom is 0.257 e. The van der Waals surface area contributed by atoms with Crippen molar-refractivity contribution in [3.8, 4) is 22.6 Å². The summed E-state index contributed by atoms with van der Waals surface area (Å²) in [7, 11) is 1.82. The van der Waals surface area contributed by atoms with Gasteiger partial charge in [0, 0.05) is 54.1 Å². The van der Waals surface area contributed by atoms with E-state index in [1.807, 2.05) is 50.4 Å². The number of anilines is 2. The number of carbonyl (C=O) groups is 2. The fourth-order valence-electron chi connectivity index (χ4n) is 3.66. The Kier molecular flexibility index (Phi) is 8.47. The number of pyridine rings is 1. The van der Waals surface area contributed by atoms with Crippen molar-refractivity contribution in [2.75, 3.05) is 17.7 Å². The maximum atomic E-state index is 12.8. The molecular formula is C29H33N7O2. The molecule has 6 N–H and O–H groups in total. The van der Waals surface area contributed by atoms with Crippen LogP contribution in [0.1, 0.15) is 31.2 Å². The van der Waals surface area contributed by atoms with Gasteiger partial charge in [0.25, 0.3) is 5.91 Å². The van der Waals surface area contributed by atoms with Crippen molar-refractivity contribution >= 4 is 23.7 Å². The molecule has 2 aliphatic carbocycles. The molecule has 1 amide bonds. The first-order chi connectivity index (χ1) is 18.4. The first-order valence-electron chi connectivity index (χ1n) is 12.7. The fourth-order valence-corrected chi connectivity index (χ4v) is 3.66. The van der Waals surface area contributed by atoms with E-state index in [-0.39, 0.29) is 5.91 Å². The van der Waals surface area contributed by atoms with Crippen molar-refractivity contribution in [3.63, 3.8) is 0 Å². The van der Waals surface area contributed by atoms with Crippen LogP contribution in [0.3, 0.4) is 0 Å². The Morgan fingerprint density at radius 1 is 1.05 bits per heavy atom. The van der Waals surface area contributed by atoms with Gasteiger partial charge >= 0.3 is 0 Å². The predicted octanol–water partition coefficient (Wildman–Crippen LogP) is 4.18. The number of nitrogens with zero attached hydrogens (tertiary/aromatic N) is 3. The van der Waals surface area contributed by atoms with E-state index < -0.39 is 0 Å². The lowest BCUT2D eigenvalue weighted by Gasteiger charge is -2.11. The first kappa shape index (κ1) is 26.5. The molecule has 196 valence electrons. The third-order valence-electron chi connectivity index (χ3n) is 6.33. The van der Waals surface area contributed by atoms with E-state index in [0.717, 1.165) is 60.2 Å². The third-order valence-corrected chi connectivity index (χ3v) is 6.33. The van der Waals surface area contributed by atoms with Gasteiger partial charge in [0.15, 0.2) is 5.82 Å². The average Bonchev–Trinajstić information content (AvgIpc) is 3.86. The van der Waals surface area contributed by atoms with E-state index in [4.69, 9.17) is 16.5 Å². The fraction of sp³-hybridized carbons (Fsp3) is 0.276. The molecule has 2 heterocycles. The van der Waals surface area contributed by atoms with Crippen LogP contribution < -0.4 is 22.1 Å². The average molecular weight is 512 g/mol. The van der Waals surface area contributed by atoms with Crippen LogP contribution in [-0.2, 0) is 9.59 Å². The number of nitrogens with one attached hydrogen (secondary N) is 2. The summed E-state index contributed by atoms with van der Waals surface area (Å²) in [5.41, 5.74) is 16.9. The number of carbonyl (C=O) groups excluding carboxylic acids is 2. The number of hydrogen-bond acceptors (Lipinski definition) is 8. The van der Waals surface area contributed by atoms with Gasteiger partial charge in [-0.15, -0.1) is 0 Å². The molecule has 9 heteroatoms. The SMILES string of the molecule is CNc1cc(-c2ccnc(-c3cc(NC(=O)C(/C=C(\N)C4CC4)=C/N)ccc3C)n2)ccn1.O=CC1CC1. The number of allylic oxidation sites excluding steroid dienone is 1. The second-order valence-electron chi connectivity index (χ2n) is 9.44. The Hall–Kier alpha value is -4.53. The van der Waals surface area contributed by atoms with Crippen LogP contribution >= 0.6 is 0 Å². The highest BCUT2D eigenvalue weighted by Gasteiger charge is 2.24. The molecule has 5 rings (SSSR count). The Morgan fingerprint density at radius 3 is 2.45 bits per heavy atom. The molecule has 0 saturated heterocycles. The van der Waals surface area contributed by atoms with Crippen molar-refractivity contribution in [1.82, 2.24) is 15.0 Å². The van der Waals surface area contributed by atoms with Gasteiger partial charge in [-0.3, -0.25) is 4.79 Å². The molecule has 1 aromatic carbocycles. The van der Waals surface area contributed by atoms with Crippen molar-refractivity contribution in [2.24, 2.45) is 23.3 Å². The zero-order valence-electron chi connectivity index (χ0n) is 21.6. The lowest BCUT2D eigenvalue weighted by Crippen LogP contribution is -2.16. The van der Waals surface area contributed by atoms with E-state index in [0.29, 0.717) is 34.6 Å². The lowest BCUT2D eigenvalue weighted by atomic mass is 10.1. The number of amides is 1. The summed E-state index contributed by atoms with van der Waals surface area (Å²) in [6, 6.07) is 11.3. The minimum Gasteiger partial charge on any atom is -0.404 e. The summed E-state index contributed by atoms with van der Waals surface area (Å²) in [6.07, 6.45) is 11.8. The number of rotatable bonds is 8. The van der Waals surface area contributed by atoms with Crippen LogP contribution in [0.5, 0.6) is 0 Å². The molecular weight excluding hydrogens is 478 g/mol. The van der Waals surface area contributed by atoms with E-state index in [1.54, 1.807) is 18.5 Å². The molecule has 0 radical (unpaired) electrons. The maximum absolute atomic E-state index is 12.8. The standard InChI is InChI=1S/C25H27N7O.C4H6O/c1-15-3-6-19(31-25(33)18(14-26)11-21(27)16-4-5-16)13-20(15)24-30-10-8-22(32-24)17-7-9-29-23(12-17)28-2;5-3-4-1-2-4/h3,6-14,16H,4-5,26-27H2,1-2H3,(H,28,29)(H,31,33);3-4H,1-2H2/b18-14+,21-11-;. The van der Waals surface area contributed by atoms with Crippen LogP contribution in [0, 0.1) is 18.8 Å². The molecule has 2 aliphatic rings. The summed E-state index contributed by atoms with van der Waals surface area (Å²) in [6.45, 7) is 1.98. The largest absolute Gasteiger partial charge is 0.404 e. The van der Waals surface area contributed by atoms with Crippen molar-refractivity contribution < 1.29 is 9.59 Å². The van der Waals surface area contributed by atoms with Gasteiger partial charge in [0.1, 0.15) is 12.1 Å². The number of nitrogens with two attached hydrogens (primary N) is 2. The molecule has 0 bridgehead atoms. The lowest BCUT2D eigenvalue weighted by molar-refractivity contribution is -0.112. The summed E-state index contributed by atoms with van der Waals surface area (Å²) in [5.74, 6) is 1.81. The smallest absolute Gasteiger partial charge is 0.257 e. The molecule has 0 aliphatic heterocycles. The molecule has 0 unspecified atom stereocenters. The normalized spacial score (nSPS) is 15.2. The summed E-state index contributed by atoms with van der Waals surface area (Å²) < 4.78 is 0. The molecule has 38 heavy (non-hydrogen) atoms. The minimum absolute atomic E-state index is 0.318. The van der Waals surface area contributed by atoms with Gasteiger partial charge in [-0.2, -0.15) is 0 Å². The van der Waals surface area contributed by atoms with E-state index in [2.05, 4.69) is 20.6 Å². The molecule has 2 fully saturated rings. The molecule has 0 spiro atoms. The van der Waals surface area contributed by atoms with Gasteiger partial charge in [0.2, 0.25) is 0 Å². The number of aromatic nitrogens is 3. The molecule has 0 atom stereocenters. The summed E-state index contributed by atoms with van der Waals surface area (Å²) >= 11 is 0. The Balaban J connectivity index is 0.000000603. The number of benzene rings is 1. The summed E-state index contributed by atoms with van der Waals surface area (Å²) in [5, 5.41) is 5.93. The summed E-state index contributed by atoms with van der Waals surface area (Å²) in [4.78, 5) is 35.8. The van der Waals surface area contributed by atoms with Gasteiger partial charge < -0.3 is 26.9 Å². The van der Waals surface area contributed by atoms with E-state index in [9.17, 15) is 9.59 Å². The number of aryl methyl sites for hydroxylation is 1. The number of hydrogen-bond donors (Lipinski definition) is 4. The second kappa shape index (κ2) is 12.1. The Bertz CT molecular complexity index is 1370. The van der Waals surface area contributed by atoms with Gasteiger partial charge in [0.05, 0.1) is 11.3 Å². The van der Waals surface area contributed by atoms with Gasteiger partial charge in [-0.05, 0) is 80.5 Å². The highest BCUT2D eigenvalue weighted by atomic mass is 16.1. The molecule has 2 aromatic heterocycles. The van der Waals surface area contributed by atoms with Crippen LogP contribution in [0.4, 0.5) is 11.5 Å². The van der Waals surface area contributed by atoms with E-state index in [1.165, 1.54) is 6.20 Å². The molecule has 2 saturated carbocycles. The zero-order valence-corrected chi connectivity index (χ0v) is 21.6. The van der Waals surface area contributed by atoms with Gasteiger partial charge in [-0.25, -0.2) is 15.0 Å². The van der Waals surface area contributed by atoms with Crippen molar-refractivity contribution in [1.29, 1.82) is 0 Å². The van der Waals surface area contributed by atoms with E-state index >= 15 is 0 Å². The Labute approximate surface area is 222 Å². The van der Waals surface area contributed by atoms with Crippen molar-refractivity contribution in [3.05, 3.63) is 77.9 Å². The number of aldehydes is 1. The zero-order chi connectivity index (χ0) is 27.1. The predicted molar refractivity (Wildman–Crippen MR) is 150 cm³/mol. The van der Waals surface area contributed by atoms with Crippen LogP contribution in [-0.4, -0.2) is 34.2 Å². The monoisotopic (exact) mass is 511 g/mol. The second-order valence-corrected chi connectivity index (χ2v) is 9.44. The van der Waals surface area contributed by atoms with Crippen molar-refractivity contribution in [2.45, 2.75) is 32.6 Å². The third kappa shape index (κ3) is 7.03. The van der Waals surface area contributed by atoms with Crippen LogP contribution in [0.25, 0.3) is 22.6 Å². The highest BCUT2D eigenvalue weighted by Crippen LogP contribution is 2.34. The quantitative estimate of drug-likeness (QED) is 0.200. The Morgan fingerprint density at radius 2 is 1.82 bits per heavy atom. The van der Waals surface area contributed by atoms with Crippen LogP contribution in [0.2, 0.25) is 0 Å². The minimum atomic E-state index is -0.318. The highest BCUT2D eigenvalue weighted by molar-refractivity contribution is 6.06. The first-order valence-corrected chi connectivity index (χ1v) is 12.7. The molecule has 9 nitrogen and oxygen atoms in total.